The zero-order valence-corrected chi connectivity index (χ0v) is 13.0. The summed E-state index contributed by atoms with van der Waals surface area (Å²) in [5, 5.41) is 12.3. The Morgan fingerprint density at radius 1 is 1.19 bits per heavy atom. The minimum atomic E-state index is -0.340. The standard InChI is InChI=1S/C16H17BrN2O2/c17-15-13(7-4-8-14(15)18)16(21)19-12(10-20)9-11-5-2-1-3-6-11/h1-8,12,20H,9-10,18H2,(H,19,21). The third kappa shape index (κ3) is 4.06. The summed E-state index contributed by atoms with van der Waals surface area (Å²) in [6, 6.07) is 14.5. The molecule has 0 aromatic heterocycles. The second-order valence-corrected chi connectivity index (χ2v) is 5.54. The summed E-state index contributed by atoms with van der Waals surface area (Å²) < 4.78 is 0.568. The molecule has 0 saturated heterocycles. The number of carbonyl (C=O) groups is 1. The number of aliphatic hydroxyl groups is 1. The Morgan fingerprint density at radius 2 is 1.90 bits per heavy atom. The van der Waals surface area contributed by atoms with E-state index in [-0.39, 0.29) is 18.6 Å². The molecule has 21 heavy (non-hydrogen) atoms. The molecule has 5 heteroatoms. The molecule has 0 saturated carbocycles. The topological polar surface area (TPSA) is 75.4 Å². The van der Waals surface area contributed by atoms with E-state index < -0.39 is 0 Å². The fraction of sp³-hybridized carbons (Fsp3) is 0.188. The SMILES string of the molecule is Nc1cccc(C(=O)NC(CO)Cc2ccccc2)c1Br. The van der Waals surface area contributed by atoms with Crippen LogP contribution in [0.5, 0.6) is 0 Å². The number of carbonyl (C=O) groups excluding carboxylic acids is 1. The molecule has 4 nitrogen and oxygen atoms in total. The zero-order valence-electron chi connectivity index (χ0n) is 11.4. The molecule has 0 aliphatic rings. The molecule has 2 aromatic carbocycles. The average Bonchev–Trinajstić information content (AvgIpc) is 2.50. The van der Waals surface area contributed by atoms with Crippen molar-refractivity contribution in [3.63, 3.8) is 0 Å². The highest BCUT2D eigenvalue weighted by atomic mass is 79.9. The number of aliphatic hydroxyl groups excluding tert-OH is 1. The van der Waals surface area contributed by atoms with Crippen molar-refractivity contribution in [3.8, 4) is 0 Å². The molecule has 0 radical (unpaired) electrons. The van der Waals surface area contributed by atoms with Gasteiger partial charge in [-0.1, -0.05) is 36.4 Å². The van der Waals surface area contributed by atoms with E-state index in [9.17, 15) is 9.90 Å². The molecule has 1 amide bonds. The molecular formula is C16H17BrN2O2. The predicted molar refractivity (Wildman–Crippen MR) is 87.0 cm³/mol. The Balaban J connectivity index is 2.08. The minimum Gasteiger partial charge on any atom is -0.398 e. The maximum Gasteiger partial charge on any atom is 0.252 e. The summed E-state index contributed by atoms with van der Waals surface area (Å²) in [5.74, 6) is -0.260. The quantitative estimate of drug-likeness (QED) is 0.726. The van der Waals surface area contributed by atoms with E-state index in [1.54, 1.807) is 18.2 Å². The van der Waals surface area contributed by atoms with E-state index in [2.05, 4.69) is 21.2 Å². The fourth-order valence-corrected chi connectivity index (χ4v) is 2.49. The van der Waals surface area contributed by atoms with Crippen molar-refractivity contribution >= 4 is 27.5 Å². The predicted octanol–water partition coefficient (Wildman–Crippen LogP) is 2.36. The van der Waals surface area contributed by atoms with Crippen LogP contribution in [0.15, 0.2) is 53.0 Å². The lowest BCUT2D eigenvalue weighted by atomic mass is 10.1. The largest absolute Gasteiger partial charge is 0.398 e. The van der Waals surface area contributed by atoms with E-state index in [1.807, 2.05) is 30.3 Å². The van der Waals surface area contributed by atoms with Crippen LogP contribution in [0, 0.1) is 0 Å². The van der Waals surface area contributed by atoms with Crippen LogP contribution in [0.3, 0.4) is 0 Å². The van der Waals surface area contributed by atoms with Gasteiger partial charge in [0.15, 0.2) is 0 Å². The first kappa shape index (κ1) is 15.5. The number of halogens is 1. The van der Waals surface area contributed by atoms with Gasteiger partial charge in [0.1, 0.15) is 0 Å². The fourth-order valence-electron chi connectivity index (χ4n) is 2.05. The lowest BCUT2D eigenvalue weighted by molar-refractivity contribution is 0.0916. The Bertz CT molecular complexity index is 617. The molecular weight excluding hydrogens is 332 g/mol. The minimum absolute atomic E-state index is 0.124. The van der Waals surface area contributed by atoms with Crippen LogP contribution in [-0.4, -0.2) is 23.7 Å². The summed E-state index contributed by atoms with van der Waals surface area (Å²) in [7, 11) is 0. The summed E-state index contributed by atoms with van der Waals surface area (Å²) >= 11 is 3.31. The van der Waals surface area contributed by atoms with Crippen LogP contribution in [-0.2, 0) is 6.42 Å². The Labute approximate surface area is 132 Å². The van der Waals surface area contributed by atoms with E-state index in [0.717, 1.165) is 5.56 Å². The van der Waals surface area contributed by atoms with Gasteiger partial charge in [0.05, 0.1) is 22.7 Å². The number of rotatable bonds is 5. The first-order valence-electron chi connectivity index (χ1n) is 6.61. The number of hydrogen-bond donors (Lipinski definition) is 3. The van der Waals surface area contributed by atoms with Crippen molar-refractivity contribution in [2.24, 2.45) is 0 Å². The van der Waals surface area contributed by atoms with Gasteiger partial charge in [-0.15, -0.1) is 0 Å². The van der Waals surface area contributed by atoms with E-state index in [1.165, 1.54) is 0 Å². The van der Waals surface area contributed by atoms with Gasteiger partial charge in [0, 0.05) is 5.69 Å². The van der Waals surface area contributed by atoms with Gasteiger partial charge in [-0.25, -0.2) is 0 Å². The van der Waals surface area contributed by atoms with E-state index >= 15 is 0 Å². The second-order valence-electron chi connectivity index (χ2n) is 4.75. The molecule has 1 unspecified atom stereocenters. The van der Waals surface area contributed by atoms with Crippen molar-refractivity contribution < 1.29 is 9.90 Å². The summed E-state index contributed by atoms with van der Waals surface area (Å²) in [4.78, 5) is 12.3. The van der Waals surface area contributed by atoms with Gasteiger partial charge in [-0.2, -0.15) is 0 Å². The Kier molecular flexibility index (Phi) is 5.36. The summed E-state index contributed by atoms with van der Waals surface area (Å²) in [5.41, 5.74) is 7.79. The number of amides is 1. The monoisotopic (exact) mass is 348 g/mol. The molecule has 2 rings (SSSR count). The van der Waals surface area contributed by atoms with Crippen LogP contribution < -0.4 is 11.1 Å². The highest BCUT2D eigenvalue weighted by Gasteiger charge is 2.16. The Hall–Kier alpha value is -1.85. The zero-order chi connectivity index (χ0) is 15.2. The van der Waals surface area contributed by atoms with Gasteiger partial charge in [0.2, 0.25) is 0 Å². The maximum atomic E-state index is 12.3. The number of nitrogens with two attached hydrogens (primary N) is 1. The highest BCUT2D eigenvalue weighted by Crippen LogP contribution is 2.23. The first-order chi connectivity index (χ1) is 10.1. The molecule has 0 heterocycles. The van der Waals surface area contributed by atoms with Crippen LogP contribution in [0.2, 0.25) is 0 Å². The van der Waals surface area contributed by atoms with Gasteiger partial charge in [-0.05, 0) is 40.0 Å². The highest BCUT2D eigenvalue weighted by molar-refractivity contribution is 9.10. The molecule has 1 atom stereocenters. The Morgan fingerprint density at radius 3 is 2.57 bits per heavy atom. The lowest BCUT2D eigenvalue weighted by Crippen LogP contribution is -2.39. The molecule has 2 aromatic rings. The van der Waals surface area contributed by atoms with Crippen LogP contribution in [0.25, 0.3) is 0 Å². The van der Waals surface area contributed by atoms with Crippen LogP contribution in [0.1, 0.15) is 15.9 Å². The van der Waals surface area contributed by atoms with Crippen LogP contribution in [0.4, 0.5) is 5.69 Å². The van der Waals surface area contributed by atoms with E-state index in [4.69, 9.17) is 5.73 Å². The van der Waals surface area contributed by atoms with Gasteiger partial charge in [-0.3, -0.25) is 4.79 Å². The molecule has 0 spiro atoms. The number of hydrogen-bond acceptors (Lipinski definition) is 3. The molecule has 110 valence electrons. The van der Waals surface area contributed by atoms with Gasteiger partial charge >= 0.3 is 0 Å². The smallest absolute Gasteiger partial charge is 0.252 e. The molecule has 0 fully saturated rings. The lowest BCUT2D eigenvalue weighted by Gasteiger charge is -2.17. The second kappa shape index (κ2) is 7.24. The van der Waals surface area contributed by atoms with Gasteiger partial charge < -0.3 is 16.2 Å². The van der Waals surface area contributed by atoms with E-state index in [0.29, 0.717) is 22.1 Å². The number of nitrogens with one attached hydrogen (secondary N) is 1. The van der Waals surface area contributed by atoms with Crippen molar-refractivity contribution in [1.29, 1.82) is 0 Å². The summed E-state index contributed by atoms with van der Waals surface area (Å²) in [6.45, 7) is -0.124. The van der Waals surface area contributed by atoms with Crippen molar-refractivity contribution in [3.05, 3.63) is 64.1 Å². The van der Waals surface area contributed by atoms with Crippen molar-refractivity contribution in [2.45, 2.75) is 12.5 Å². The third-order valence-electron chi connectivity index (χ3n) is 3.15. The van der Waals surface area contributed by atoms with Crippen molar-refractivity contribution in [2.75, 3.05) is 12.3 Å². The van der Waals surface area contributed by atoms with Crippen LogP contribution >= 0.6 is 15.9 Å². The number of anilines is 1. The molecule has 0 aliphatic heterocycles. The van der Waals surface area contributed by atoms with Gasteiger partial charge in [0.25, 0.3) is 5.91 Å². The number of nitrogen functional groups attached to an aromatic ring is 1. The maximum absolute atomic E-state index is 12.3. The normalized spacial score (nSPS) is 11.9. The average molecular weight is 349 g/mol. The molecule has 4 N–H and O–H groups in total. The van der Waals surface area contributed by atoms with Crippen molar-refractivity contribution in [1.82, 2.24) is 5.32 Å². The third-order valence-corrected chi connectivity index (χ3v) is 4.04. The molecule has 0 bridgehead atoms. The summed E-state index contributed by atoms with van der Waals surface area (Å²) in [6.07, 6.45) is 0.572. The first-order valence-corrected chi connectivity index (χ1v) is 7.40. The number of benzene rings is 2. The molecule has 0 aliphatic carbocycles.